The van der Waals surface area contributed by atoms with Crippen molar-refractivity contribution in [1.29, 1.82) is 0 Å². The highest BCUT2D eigenvalue weighted by atomic mass is 16.3. The Hall–Kier alpha value is -0.810. The molecule has 0 fully saturated rings. The molecule has 5 heteroatoms. The van der Waals surface area contributed by atoms with E-state index >= 15 is 0 Å². The summed E-state index contributed by atoms with van der Waals surface area (Å²) in [7, 11) is 0. The van der Waals surface area contributed by atoms with Crippen molar-refractivity contribution < 1.29 is 10.2 Å². The van der Waals surface area contributed by atoms with E-state index in [4.69, 9.17) is 5.73 Å². The summed E-state index contributed by atoms with van der Waals surface area (Å²) in [5.41, 5.74) is 5.41. The van der Waals surface area contributed by atoms with Crippen LogP contribution in [0.5, 0.6) is 0 Å². The molecule has 0 amide bonds. The molecule has 4 unspecified atom stereocenters. The predicted octanol–water partition coefficient (Wildman–Crippen LogP) is -1.60. The van der Waals surface area contributed by atoms with Crippen LogP contribution in [-0.2, 0) is 0 Å². The van der Waals surface area contributed by atoms with E-state index in [1.807, 2.05) is 0 Å². The number of rotatable bonds is 2. The lowest BCUT2D eigenvalue weighted by Gasteiger charge is -2.22. The molecule has 1 aliphatic rings. The van der Waals surface area contributed by atoms with Gasteiger partial charge in [0.05, 0.1) is 18.2 Å². The van der Waals surface area contributed by atoms with Crippen LogP contribution in [0.2, 0.25) is 0 Å². The first-order valence-electron chi connectivity index (χ1n) is 3.98. The molecule has 70 valence electrons. The number of aliphatic imine (C=N–C) groups is 1. The van der Waals surface area contributed by atoms with Gasteiger partial charge in [-0.2, -0.15) is 0 Å². The summed E-state index contributed by atoms with van der Waals surface area (Å²) in [6.45, 7) is 3.27. The molecule has 0 saturated heterocycles. The molecule has 0 aliphatic carbocycles. The number of nitrogens with two attached hydrogens (primary N) is 1. The van der Waals surface area contributed by atoms with Crippen LogP contribution >= 0.6 is 0 Å². The molecule has 1 aliphatic heterocycles. The maximum absolute atomic E-state index is 9.29. The number of hydrogen-bond donors (Lipinski definition) is 4. The molecular formula is C7H15N3O2. The van der Waals surface area contributed by atoms with Crippen molar-refractivity contribution in [2.45, 2.75) is 38.1 Å². The van der Waals surface area contributed by atoms with Crippen LogP contribution in [0.1, 0.15) is 13.8 Å². The molecule has 4 atom stereocenters. The zero-order chi connectivity index (χ0) is 9.30. The van der Waals surface area contributed by atoms with E-state index in [2.05, 4.69) is 10.3 Å². The molecule has 5 nitrogen and oxygen atoms in total. The lowest BCUT2D eigenvalue weighted by molar-refractivity contribution is 0.0952. The zero-order valence-electron chi connectivity index (χ0n) is 7.23. The van der Waals surface area contributed by atoms with E-state index in [9.17, 15) is 10.2 Å². The molecule has 0 aromatic carbocycles. The lowest BCUT2D eigenvalue weighted by atomic mass is 10.0. The number of aliphatic hydroxyl groups is 2. The lowest BCUT2D eigenvalue weighted by Crippen LogP contribution is -2.47. The van der Waals surface area contributed by atoms with Crippen LogP contribution in [0.15, 0.2) is 4.99 Å². The van der Waals surface area contributed by atoms with Crippen LogP contribution in [-0.4, -0.2) is 40.5 Å². The molecule has 12 heavy (non-hydrogen) atoms. The Morgan fingerprint density at radius 3 is 2.33 bits per heavy atom. The van der Waals surface area contributed by atoms with Crippen LogP contribution in [0, 0.1) is 0 Å². The molecule has 5 N–H and O–H groups in total. The van der Waals surface area contributed by atoms with Gasteiger partial charge in [0.15, 0.2) is 5.96 Å². The number of guanidine groups is 1. The number of aliphatic hydroxyl groups excluding tert-OH is 2. The Balaban J connectivity index is 2.68. The van der Waals surface area contributed by atoms with Gasteiger partial charge < -0.3 is 21.3 Å². The van der Waals surface area contributed by atoms with Crippen molar-refractivity contribution >= 4 is 5.96 Å². The topological polar surface area (TPSA) is 90.9 Å². The SMILES string of the molecule is CC(O)C1N=C(N)NC1C(C)O. The average Bonchev–Trinajstić information content (AvgIpc) is 2.31. The minimum absolute atomic E-state index is 0.273. The van der Waals surface area contributed by atoms with Crippen molar-refractivity contribution in [2.75, 3.05) is 0 Å². The second-order valence-corrected chi connectivity index (χ2v) is 3.16. The first-order chi connectivity index (χ1) is 5.52. The van der Waals surface area contributed by atoms with Gasteiger partial charge in [-0.05, 0) is 13.8 Å². The summed E-state index contributed by atoms with van der Waals surface area (Å²) in [5.74, 6) is 0.284. The summed E-state index contributed by atoms with van der Waals surface area (Å²) in [4.78, 5) is 3.96. The quantitative estimate of drug-likeness (QED) is 0.405. The van der Waals surface area contributed by atoms with Crippen molar-refractivity contribution in [3.8, 4) is 0 Å². The van der Waals surface area contributed by atoms with E-state index in [-0.39, 0.29) is 18.0 Å². The average molecular weight is 173 g/mol. The molecule has 0 bridgehead atoms. The standard InChI is InChI=1S/C7H15N3O2/c1-3(11)5-6(4(2)12)10-7(8)9-5/h3-6,11-12H,1-2H3,(H3,8,9,10). The Kier molecular flexibility index (Phi) is 2.54. The Morgan fingerprint density at radius 2 is 2.00 bits per heavy atom. The van der Waals surface area contributed by atoms with Crippen LogP contribution in [0.3, 0.4) is 0 Å². The molecule has 0 aromatic heterocycles. The minimum Gasteiger partial charge on any atom is -0.391 e. The molecule has 1 heterocycles. The van der Waals surface area contributed by atoms with Gasteiger partial charge in [0.2, 0.25) is 0 Å². The van der Waals surface area contributed by atoms with Crippen molar-refractivity contribution in [3.05, 3.63) is 0 Å². The fourth-order valence-electron chi connectivity index (χ4n) is 1.35. The van der Waals surface area contributed by atoms with E-state index < -0.39 is 12.2 Å². The second-order valence-electron chi connectivity index (χ2n) is 3.16. The molecule has 0 spiro atoms. The smallest absolute Gasteiger partial charge is 0.189 e. The summed E-state index contributed by atoms with van der Waals surface area (Å²) in [6, 6.07) is -0.616. The fourth-order valence-corrected chi connectivity index (χ4v) is 1.35. The molecular weight excluding hydrogens is 158 g/mol. The first kappa shape index (κ1) is 9.28. The Morgan fingerprint density at radius 1 is 1.42 bits per heavy atom. The number of nitrogens with zero attached hydrogens (tertiary/aromatic N) is 1. The third kappa shape index (κ3) is 1.67. The molecule has 0 saturated carbocycles. The monoisotopic (exact) mass is 173 g/mol. The maximum Gasteiger partial charge on any atom is 0.189 e. The van der Waals surface area contributed by atoms with E-state index in [0.717, 1.165) is 0 Å². The molecule has 0 radical (unpaired) electrons. The van der Waals surface area contributed by atoms with E-state index in [0.29, 0.717) is 0 Å². The summed E-state index contributed by atoms with van der Waals surface area (Å²) < 4.78 is 0. The first-order valence-corrected chi connectivity index (χ1v) is 3.98. The summed E-state index contributed by atoms with van der Waals surface area (Å²) >= 11 is 0. The molecule has 1 rings (SSSR count). The highest BCUT2D eigenvalue weighted by Crippen LogP contribution is 2.13. The van der Waals surface area contributed by atoms with E-state index in [1.165, 1.54) is 0 Å². The number of hydrogen-bond acceptors (Lipinski definition) is 5. The van der Waals surface area contributed by atoms with Crippen LogP contribution < -0.4 is 11.1 Å². The highest BCUT2D eigenvalue weighted by Gasteiger charge is 2.34. The maximum atomic E-state index is 9.29. The number of nitrogens with one attached hydrogen (secondary N) is 1. The largest absolute Gasteiger partial charge is 0.391 e. The van der Waals surface area contributed by atoms with Gasteiger partial charge in [0.1, 0.15) is 6.04 Å². The third-order valence-corrected chi connectivity index (χ3v) is 1.98. The van der Waals surface area contributed by atoms with Gasteiger partial charge in [-0.3, -0.25) is 0 Å². The van der Waals surface area contributed by atoms with Gasteiger partial charge >= 0.3 is 0 Å². The highest BCUT2D eigenvalue weighted by molar-refractivity contribution is 5.80. The Labute approximate surface area is 71.3 Å². The summed E-state index contributed by atoms with van der Waals surface area (Å²) in [6.07, 6.45) is -1.17. The summed E-state index contributed by atoms with van der Waals surface area (Å²) in [5, 5.41) is 21.4. The van der Waals surface area contributed by atoms with Gasteiger partial charge in [-0.15, -0.1) is 0 Å². The van der Waals surface area contributed by atoms with Crippen molar-refractivity contribution in [3.63, 3.8) is 0 Å². The van der Waals surface area contributed by atoms with Gasteiger partial charge in [-0.25, -0.2) is 4.99 Å². The third-order valence-electron chi connectivity index (χ3n) is 1.98. The van der Waals surface area contributed by atoms with E-state index in [1.54, 1.807) is 13.8 Å². The molecule has 0 aromatic rings. The van der Waals surface area contributed by atoms with Gasteiger partial charge in [0, 0.05) is 0 Å². The van der Waals surface area contributed by atoms with Crippen molar-refractivity contribution in [1.82, 2.24) is 5.32 Å². The fraction of sp³-hybridized carbons (Fsp3) is 0.857. The van der Waals surface area contributed by atoms with Crippen molar-refractivity contribution in [2.24, 2.45) is 10.7 Å². The van der Waals surface area contributed by atoms with Gasteiger partial charge in [0.25, 0.3) is 0 Å². The minimum atomic E-state index is -0.599. The Bertz CT molecular complexity index is 191. The van der Waals surface area contributed by atoms with Gasteiger partial charge in [-0.1, -0.05) is 0 Å². The zero-order valence-corrected chi connectivity index (χ0v) is 7.23. The van der Waals surface area contributed by atoms with Crippen LogP contribution in [0.25, 0.3) is 0 Å². The van der Waals surface area contributed by atoms with Crippen LogP contribution in [0.4, 0.5) is 0 Å². The predicted molar refractivity (Wildman–Crippen MR) is 45.7 cm³/mol. The normalized spacial score (nSPS) is 33.8. The second kappa shape index (κ2) is 3.28.